The summed E-state index contributed by atoms with van der Waals surface area (Å²) in [4.78, 5) is 17.2. The van der Waals surface area contributed by atoms with Gasteiger partial charge in [-0.1, -0.05) is 35.9 Å². The maximum Gasteiger partial charge on any atom is 0.227 e. The molecule has 0 aromatic heterocycles. The van der Waals surface area contributed by atoms with Gasteiger partial charge in [-0.15, -0.1) is 0 Å². The summed E-state index contributed by atoms with van der Waals surface area (Å²) >= 11 is 0. The van der Waals surface area contributed by atoms with E-state index in [1.807, 2.05) is 36.9 Å². The van der Waals surface area contributed by atoms with Crippen molar-refractivity contribution in [2.45, 2.75) is 33.7 Å². The van der Waals surface area contributed by atoms with Gasteiger partial charge >= 0.3 is 0 Å². The first-order valence-corrected chi connectivity index (χ1v) is 10.5. The van der Waals surface area contributed by atoms with Crippen LogP contribution >= 0.6 is 0 Å². The Balaban J connectivity index is 1.53. The molecule has 5 heteroatoms. The largest absolute Gasteiger partial charge is 0.490 e. The second-order valence-corrected chi connectivity index (χ2v) is 7.47. The quantitative estimate of drug-likeness (QED) is 0.683. The van der Waals surface area contributed by atoms with Crippen LogP contribution in [0.1, 0.15) is 30.5 Å². The van der Waals surface area contributed by atoms with Crippen LogP contribution in [0.3, 0.4) is 0 Å². The molecule has 1 heterocycles. The molecule has 0 atom stereocenters. The molecule has 1 aliphatic heterocycles. The monoisotopic (exact) mass is 396 g/mol. The number of nitrogens with zero attached hydrogens (tertiary/aromatic N) is 2. The van der Waals surface area contributed by atoms with Gasteiger partial charge in [-0.3, -0.25) is 9.69 Å². The first-order valence-electron chi connectivity index (χ1n) is 10.5. The Labute approximate surface area is 174 Å². The Morgan fingerprint density at radius 2 is 1.62 bits per heavy atom. The van der Waals surface area contributed by atoms with Crippen LogP contribution in [-0.2, 0) is 17.8 Å². The van der Waals surface area contributed by atoms with Gasteiger partial charge in [-0.2, -0.15) is 0 Å². The van der Waals surface area contributed by atoms with Crippen LogP contribution in [-0.4, -0.2) is 55.1 Å². The van der Waals surface area contributed by atoms with E-state index in [2.05, 4.69) is 36.1 Å². The second kappa shape index (κ2) is 10.3. The molecule has 2 aromatic rings. The lowest BCUT2D eigenvalue weighted by molar-refractivity contribution is -0.132. The summed E-state index contributed by atoms with van der Waals surface area (Å²) in [6.07, 6.45) is 0.393. The van der Waals surface area contributed by atoms with Gasteiger partial charge in [0.1, 0.15) is 0 Å². The predicted molar refractivity (Wildman–Crippen MR) is 116 cm³/mol. The number of aryl methyl sites for hydroxylation is 1. The summed E-state index contributed by atoms with van der Waals surface area (Å²) < 4.78 is 11.3. The summed E-state index contributed by atoms with van der Waals surface area (Å²) in [6.45, 7) is 11.5. The fourth-order valence-corrected chi connectivity index (χ4v) is 3.72. The van der Waals surface area contributed by atoms with E-state index >= 15 is 0 Å². The van der Waals surface area contributed by atoms with Crippen LogP contribution in [0.4, 0.5) is 0 Å². The minimum absolute atomic E-state index is 0.173. The van der Waals surface area contributed by atoms with Crippen LogP contribution < -0.4 is 9.47 Å². The first kappa shape index (κ1) is 21.2. The molecular formula is C24H32N2O3. The minimum Gasteiger partial charge on any atom is -0.490 e. The minimum atomic E-state index is 0.173. The number of piperazine rings is 1. The summed E-state index contributed by atoms with van der Waals surface area (Å²) in [6, 6.07) is 14.4. The normalized spacial score (nSPS) is 14.7. The van der Waals surface area contributed by atoms with Crippen molar-refractivity contribution in [3.05, 3.63) is 59.2 Å². The van der Waals surface area contributed by atoms with E-state index in [4.69, 9.17) is 9.47 Å². The third-order valence-corrected chi connectivity index (χ3v) is 5.18. The van der Waals surface area contributed by atoms with E-state index in [-0.39, 0.29) is 5.91 Å². The average Bonchev–Trinajstić information content (AvgIpc) is 2.71. The van der Waals surface area contributed by atoms with E-state index in [0.717, 1.165) is 44.0 Å². The molecule has 0 radical (unpaired) electrons. The third kappa shape index (κ3) is 5.97. The molecule has 0 unspecified atom stereocenters. The number of hydrogen-bond donors (Lipinski definition) is 0. The maximum absolute atomic E-state index is 12.8. The highest BCUT2D eigenvalue weighted by atomic mass is 16.5. The Bertz CT molecular complexity index is 814. The van der Waals surface area contributed by atoms with Crippen LogP contribution in [0.25, 0.3) is 0 Å². The van der Waals surface area contributed by atoms with Crippen molar-refractivity contribution in [1.82, 2.24) is 9.80 Å². The highest BCUT2D eigenvalue weighted by molar-refractivity contribution is 5.79. The number of carbonyl (C=O) groups excluding carboxylic acids is 1. The third-order valence-electron chi connectivity index (χ3n) is 5.18. The van der Waals surface area contributed by atoms with Crippen molar-refractivity contribution < 1.29 is 14.3 Å². The van der Waals surface area contributed by atoms with Gasteiger partial charge in [0.25, 0.3) is 0 Å². The van der Waals surface area contributed by atoms with E-state index < -0.39 is 0 Å². The molecule has 2 aromatic carbocycles. The lowest BCUT2D eigenvalue weighted by Crippen LogP contribution is -2.48. The van der Waals surface area contributed by atoms with Crippen molar-refractivity contribution in [3.8, 4) is 11.5 Å². The van der Waals surface area contributed by atoms with Crippen LogP contribution in [0.2, 0.25) is 0 Å². The second-order valence-electron chi connectivity index (χ2n) is 7.47. The highest BCUT2D eigenvalue weighted by Crippen LogP contribution is 2.29. The van der Waals surface area contributed by atoms with Gasteiger partial charge in [-0.25, -0.2) is 0 Å². The zero-order valence-electron chi connectivity index (χ0n) is 17.8. The molecule has 0 N–H and O–H groups in total. The maximum atomic E-state index is 12.8. The molecule has 1 amide bonds. The van der Waals surface area contributed by atoms with Gasteiger partial charge in [-0.05, 0) is 44.0 Å². The van der Waals surface area contributed by atoms with Crippen molar-refractivity contribution in [2.75, 3.05) is 39.4 Å². The number of carbonyl (C=O) groups is 1. The van der Waals surface area contributed by atoms with Crippen molar-refractivity contribution in [2.24, 2.45) is 0 Å². The van der Waals surface area contributed by atoms with E-state index in [9.17, 15) is 4.79 Å². The molecule has 5 nitrogen and oxygen atoms in total. The summed E-state index contributed by atoms with van der Waals surface area (Å²) in [5.41, 5.74) is 3.59. The van der Waals surface area contributed by atoms with Crippen molar-refractivity contribution >= 4 is 5.91 Å². The highest BCUT2D eigenvalue weighted by Gasteiger charge is 2.21. The molecule has 1 aliphatic rings. The van der Waals surface area contributed by atoms with Gasteiger partial charge in [0, 0.05) is 32.7 Å². The zero-order chi connectivity index (χ0) is 20.6. The topological polar surface area (TPSA) is 42.0 Å². The zero-order valence-corrected chi connectivity index (χ0v) is 17.8. The Hall–Kier alpha value is -2.53. The van der Waals surface area contributed by atoms with Crippen LogP contribution in [0, 0.1) is 6.92 Å². The number of benzene rings is 2. The molecule has 1 fully saturated rings. The molecule has 3 rings (SSSR count). The summed E-state index contributed by atoms with van der Waals surface area (Å²) in [7, 11) is 0. The Kier molecular flexibility index (Phi) is 7.53. The number of amides is 1. The number of rotatable bonds is 8. The van der Waals surface area contributed by atoms with Crippen molar-refractivity contribution in [1.29, 1.82) is 0 Å². The molecule has 29 heavy (non-hydrogen) atoms. The predicted octanol–water partition coefficient (Wildman–Crippen LogP) is 3.68. The number of ether oxygens (including phenoxy) is 2. The fourth-order valence-electron chi connectivity index (χ4n) is 3.72. The van der Waals surface area contributed by atoms with E-state index in [1.54, 1.807) is 0 Å². The number of hydrogen-bond acceptors (Lipinski definition) is 4. The molecular weight excluding hydrogens is 364 g/mol. The summed E-state index contributed by atoms with van der Waals surface area (Å²) in [5.74, 6) is 1.62. The molecule has 0 aliphatic carbocycles. The SMILES string of the molecule is CCOc1ccc(CC(=O)N2CCN(Cc3cccc(C)c3)CC2)cc1OCC. The smallest absolute Gasteiger partial charge is 0.227 e. The Morgan fingerprint density at radius 1 is 0.897 bits per heavy atom. The van der Waals surface area contributed by atoms with Crippen molar-refractivity contribution in [3.63, 3.8) is 0 Å². The van der Waals surface area contributed by atoms with Gasteiger partial charge < -0.3 is 14.4 Å². The Morgan fingerprint density at radius 3 is 2.31 bits per heavy atom. The van der Waals surface area contributed by atoms with Gasteiger partial charge in [0.15, 0.2) is 11.5 Å². The van der Waals surface area contributed by atoms with Gasteiger partial charge in [0.05, 0.1) is 19.6 Å². The van der Waals surface area contributed by atoms with Crippen LogP contribution in [0.15, 0.2) is 42.5 Å². The van der Waals surface area contributed by atoms with Gasteiger partial charge in [0.2, 0.25) is 5.91 Å². The van der Waals surface area contributed by atoms with E-state index in [1.165, 1.54) is 11.1 Å². The molecule has 156 valence electrons. The molecule has 0 spiro atoms. The van der Waals surface area contributed by atoms with Crippen LogP contribution in [0.5, 0.6) is 11.5 Å². The average molecular weight is 397 g/mol. The standard InChI is InChI=1S/C24H32N2O3/c1-4-28-22-10-9-20(16-23(22)29-5-2)17-24(27)26-13-11-25(12-14-26)18-21-8-6-7-19(3)15-21/h6-10,15-16H,4-5,11-14,17-18H2,1-3H3. The fraction of sp³-hybridized carbons (Fsp3) is 0.458. The van der Waals surface area contributed by atoms with E-state index in [0.29, 0.717) is 25.4 Å². The molecule has 1 saturated heterocycles. The molecule has 0 bridgehead atoms. The molecule has 0 saturated carbocycles. The first-order chi connectivity index (χ1) is 14.1. The lowest BCUT2D eigenvalue weighted by Gasteiger charge is -2.35. The summed E-state index contributed by atoms with van der Waals surface area (Å²) in [5, 5.41) is 0. The lowest BCUT2D eigenvalue weighted by atomic mass is 10.1.